The topological polar surface area (TPSA) is 40.5 Å². The first-order valence-corrected chi connectivity index (χ1v) is 5.51. The third kappa shape index (κ3) is 3.35. The van der Waals surface area contributed by atoms with Crippen molar-refractivity contribution in [1.29, 1.82) is 0 Å². The molecule has 1 aromatic rings. The Morgan fingerprint density at radius 2 is 2.06 bits per heavy atom. The van der Waals surface area contributed by atoms with E-state index in [2.05, 4.69) is 0 Å². The van der Waals surface area contributed by atoms with Crippen LogP contribution in [0.15, 0.2) is 24.3 Å². The highest BCUT2D eigenvalue weighted by Crippen LogP contribution is 2.19. The monoisotopic (exact) mass is 221 g/mol. The highest BCUT2D eigenvalue weighted by atomic mass is 16.3. The Morgan fingerprint density at radius 1 is 1.44 bits per heavy atom. The fourth-order valence-corrected chi connectivity index (χ4v) is 1.61. The quantitative estimate of drug-likeness (QED) is 0.774. The van der Waals surface area contributed by atoms with Crippen LogP contribution in [0.5, 0.6) is 0 Å². The lowest BCUT2D eigenvalue weighted by Gasteiger charge is -2.22. The van der Waals surface area contributed by atoms with Gasteiger partial charge in [0.1, 0.15) is 0 Å². The third-order valence-electron chi connectivity index (χ3n) is 2.58. The SMILES string of the molecule is CC(=O)c1ccccc1N(C)CCC(C)O. The Balaban J connectivity index is 2.82. The highest BCUT2D eigenvalue weighted by molar-refractivity contribution is 5.99. The van der Waals surface area contributed by atoms with E-state index in [4.69, 9.17) is 0 Å². The lowest BCUT2D eigenvalue weighted by atomic mass is 10.1. The number of aliphatic hydroxyl groups excluding tert-OH is 1. The summed E-state index contributed by atoms with van der Waals surface area (Å²) in [6, 6.07) is 7.54. The summed E-state index contributed by atoms with van der Waals surface area (Å²) in [5, 5.41) is 9.23. The predicted octanol–water partition coefficient (Wildman–Crippen LogP) is 2.10. The molecule has 3 nitrogen and oxygen atoms in total. The fourth-order valence-electron chi connectivity index (χ4n) is 1.61. The molecule has 1 atom stereocenters. The number of hydrogen-bond acceptors (Lipinski definition) is 3. The van der Waals surface area contributed by atoms with Crippen LogP contribution in [-0.2, 0) is 0 Å². The van der Waals surface area contributed by atoms with Crippen LogP contribution >= 0.6 is 0 Å². The molecule has 0 aliphatic rings. The minimum atomic E-state index is -0.313. The van der Waals surface area contributed by atoms with E-state index >= 15 is 0 Å². The smallest absolute Gasteiger partial charge is 0.161 e. The van der Waals surface area contributed by atoms with E-state index in [1.807, 2.05) is 36.2 Å². The van der Waals surface area contributed by atoms with Crippen LogP contribution in [0.1, 0.15) is 30.6 Å². The molecule has 0 aromatic heterocycles. The molecule has 0 bridgehead atoms. The summed E-state index contributed by atoms with van der Waals surface area (Å²) in [5.41, 5.74) is 1.66. The number of ketones is 1. The van der Waals surface area contributed by atoms with Gasteiger partial charge in [0, 0.05) is 24.8 Å². The summed E-state index contributed by atoms with van der Waals surface area (Å²) >= 11 is 0. The summed E-state index contributed by atoms with van der Waals surface area (Å²) in [7, 11) is 1.93. The molecule has 1 N–H and O–H groups in total. The molecule has 0 aliphatic carbocycles. The first-order chi connectivity index (χ1) is 7.52. The van der Waals surface area contributed by atoms with Crippen LogP contribution in [0.25, 0.3) is 0 Å². The maximum absolute atomic E-state index is 11.4. The zero-order valence-corrected chi connectivity index (χ0v) is 10.1. The number of para-hydroxylation sites is 1. The van der Waals surface area contributed by atoms with E-state index in [1.165, 1.54) is 0 Å². The molecule has 88 valence electrons. The van der Waals surface area contributed by atoms with Gasteiger partial charge in [-0.2, -0.15) is 0 Å². The number of Topliss-reactive ketones (excluding diaryl/α,β-unsaturated/α-hetero) is 1. The average Bonchev–Trinajstić information content (AvgIpc) is 2.25. The van der Waals surface area contributed by atoms with E-state index in [0.717, 1.165) is 17.8 Å². The van der Waals surface area contributed by atoms with Gasteiger partial charge in [-0.1, -0.05) is 12.1 Å². The Labute approximate surface area is 96.7 Å². The molecule has 0 aliphatic heterocycles. The maximum Gasteiger partial charge on any atom is 0.161 e. The molecule has 0 amide bonds. The van der Waals surface area contributed by atoms with Crippen LogP contribution in [-0.4, -0.2) is 30.6 Å². The number of benzene rings is 1. The van der Waals surface area contributed by atoms with Gasteiger partial charge >= 0.3 is 0 Å². The molecule has 0 spiro atoms. The van der Waals surface area contributed by atoms with Gasteiger partial charge in [0.25, 0.3) is 0 Å². The summed E-state index contributed by atoms with van der Waals surface area (Å²) < 4.78 is 0. The van der Waals surface area contributed by atoms with Gasteiger partial charge in [-0.25, -0.2) is 0 Å². The molecule has 0 fully saturated rings. The van der Waals surface area contributed by atoms with Crippen LogP contribution in [0.2, 0.25) is 0 Å². The lowest BCUT2D eigenvalue weighted by molar-refractivity contribution is 0.101. The van der Waals surface area contributed by atoms with E-state index in [1.54, 1.807) is 13.8 Å². The number of carbonyl (C=O) groups excluding carboxylic acids is 1. The Hall–Kier alpha value is -1.35. The molecule has 0 radical (unpaired) electrons. The molecular weight excluding hydrogens is 202 g/mol. The van der Waals surface area contributed by atoms with Crippen molar-refractivity contribution in [1.82, 2.24) is 0 Å². The number of nitrogens with zero attached hydrogens (tertiary/aromatic N) is 1. The number of hydrogen-bond donors (Lipinski definition) is 1. The minimum Gasteiger partial charge on any atom is -0.393 e. The van der Waals surface area contributed by atoms with E-state index in [9.17, 15) is 9.90 Å². The van der Waals surface area contributed by atoms with Crippen LogP contribution in [0.3, 0.4) is 0 Å². The molecule has 0 saturated heterocycles. The van der Waals surface area contributed by atoms with Crippen molar-refractivity contribution in [3.63, 3.8) is 0 Å². The van der Waals surface area contributed by atoms with Crippen molar-refractivity contribution >= 4 is 11.5 Å². The second-order valence-corrected chi connectivity index (χ2v) is 4.13. The Morgan fingerprint density at radius 3 is 2.62 bits per heavy atom. The predicted molar refractivity (Wildman–Crippen MR) is 66.0 cm³/mol. The van der Waals surface area contributed by atoms with Gasteiger partial charge in [0.15, 0.2) is 5.78 Å². The van der Waals surface area contributed by atoms with E-state index < -0.39 is 0 Å². The van der Waals surface area contributed by atoms with Gasteiger partial charge in [-0.3, -0.25) is 4.79 Å². The molecule has 1 unspecified atom stereocenters. The molecule has 3 heteroatoms. The first kappa shape index (κ1) is 12.7. The summed E-state index contributed by atoms with van der Waals surface area (Å²) in [6.45, 7) is 4.08. The number of aliphatic hydroxyl groups is 1. The van der Waals surface area contributed by atoms with Gasteiger partial charge in [0.2, 0.25) is 0 Å². The Kier molecular flexibility index (Phi) is 4.50. The van der Waals surface area contributed by atoms with Gasteiger partial charge < -0.3 is 10.0 Å². The number of rotatable bonds is 5. The van der Waals surface area contributed by atoms with Crippen molar-refractivity contribution in [2.75, 3.05) is 18.5 Å². The highest BCUT2D eigenvalue weighted by Gasteiger charge is 2.10. The third-order valence-corrected chi connectivity index (χ3v) is 2.58. The maximum atomic E-state index is 11.4. The normalized spacial score (nSPS) is 12.2. The largest absolute Gasteiger partial charge is 0.393 e. The van der Waals surface area contributed by atoms with E-state index in [-0.39, 0.29) is 11.9 Å². The average molecular weight is 221 g/mol. The molecule has 0 heterocycles. The number of carbonyl (C=O) groups is 1. The van der Waals surface area contributed by atoms with Crippen molar-refractivity contribution in [3.8, 4) is 0 Å². The molecule has 1 rings (SSSR count). The second kappa shape index (κ2) is 5.66. The molecule has 1 aromatic carbocycles. The first-order valence-electron chi connectivity index (χ1n) is 5.51. The lowest BCUT2D eigenvalue weighted by Crippen LogP contribution is -2.23. The fraction of sp³-hybridized carbons (Fsp3) is 0.462. The summed E-state index contributed by atoms with van der Waals surface area (Å²) in [6.07, 6.45) is 0.384. The van der Waals surface area contributed by atoms with Gasteiger partial charge in [-0.15, -0.1) is 0 Å². The van der Waals surface area contributed by atoms with Crippen LogP contribution in [0.4, 0.5) is 5.69 Å². The van der Waals surface area contributed by atoms with E-state index in [0.29, 0.717) is 6.42 Å². The number of anilines is 1. The van der Waals surface area contributed by atoms with Crippen molar-refractivity contribution < 1.29 is 9.90 Å². The minimum absolute atomic E-state index is 0.0690. The zero-order valence-electron chi connectivity index (χ0n) is 10.1. The van der Waals surface area contributed by atoms with Crippen molar-refractivity contribution in [2.24, 2.45) is 0 Å². The van der Waals surface area contributed by atoms with Gasteiger partial charge in [0.05, 0.1) is 6.10 Å². The summed E-state index contributed by atoms with van der Waals surface area (Å²) in [4.78, 5) is 13.4. The van der Waals surface area contributed by atoms with Gasteiger partial charge in [-0.05, 0) is 32.4 Å². The van der Waals surface area contributed by atoms with Crippen molar-refractivity contribution in [3.05, 3.63) is 29.8 Å². The molecule has 16 heavy (non-hydrogen) atoms. The Bertz CT molecular complexity index is 361. The van der Waals surface area contributed by atoms with Crippen LogP contribution in [0, 0.1) is 0 Å². The van der Waals surface area contributed by atoms with Crippen LogP contribution < -0.4 is 4.90 Å². The zero-order chi connectivity index (χ0) is 12.1. The standard InChI is InChI=1S/C13H19NO2/c1-10(15)8-9-14(3)13-7-5-4-6-12(13)11(2)16/h4-7,10,15H,8-9H2,1-3H3. The molecule has 0 saturated carbocycles. The molecular formula is C13H19NO2. The van der Waals surface area contributed by atoms with Crippen molar-refractivity contribution in [2.45, 2.75) is 26.4 Å². The summed E-state index contributed by atoms with van der Waals surface area (Å²) in [5.74, 6) is 0.0690. The second-order valence-electron chi connectivity index (χ2n) is 4.13.